The van der Waals surface area contributed by atoms with Crippen molar-refractivity contribution in [2.75, 3.05) is 23.5 Å². The van der Waals surface area contributed by atoms with E-state index in [1.54, 1.807) is 11.8 Å². The highest BCUT2D eigenvalue weighted by Gasteiger charge is 2.20. The normalized spacial score (nSPS) is 15.1. The Balaban J connectivity index is 2.18. The van der Waals surface area contributed by atoms with Gasteiger partial charge in [0.1, 0.15) is 0 Å². The molecule has 1 saturated heterocycles. The van der Waals surface area contributed by atoms with Crippen LogP contribution >= 0.6 is 43.6 Å². The Morgan fingerprint density at radius 3 is 2.47 bits per heavy atom. The van der Waals surface area contributed by atoms with Crippen LogP contribution in [0.1, 0.15) is 25.3 Å². The summed E-state index contributed by atoms with van der Waals surface area (Å²) in [6.45, 7) is 5.11. The van der Waals surface area contributed by atoms with Gasteiger partial charge in [0.05, 0.1) is 11.6 Å². The molecule has 2 amide bonds. The van der Waals surface area contributed by atoms with E-state index in [9.17, 15) is 4.79 Å². The fraction of sp³-hybridized carbons (Fsp3) is 0.462. The summed E-state index contributed by atoms with van der Waals surface area (Å²) in [5.41, 5.74) is 2.03. The molecule has 2 rings (SSSR count). The summed E-state index contributed by atoms with van der Waals surface area (Å²) in [5, 5.41) is 2.97. The van der Waals surface area contributed by atoms with Crippen LogP contribution in [-0.2, 0) is 0 Å². The predicted molar refractivity (Wildman–Crippen MR) is 89.0 cm³/mol. The number of thioether (sulfide) groups is 1. The predicted octanol–water partition coefficient (Wildman–Crippen LogP) is 4.87. The summed E-state index contributed by atoms with van der Waals surface area (Å²) < 4.78 is 1.82. The second-order valence-electron chi connectivity index (χ2n) is 4.75. The van der Waals surface area contributed by atoms with Crippen LogP contribution in [0.5, 0.6) is 0 Å². The van der Waals surface area contributed by atoms with Crippen molar-refractivity contribution < 1.29 is 4.79 Å². The summed E-state index contributed by atoms with van der Waals surface area (Å²) in [6, 6.07) is 4.08. The molecule has 104 valence electrons. The number of carbonyl (C=O) groups is 1. The molecular formula is C13H16Br2N2OS. The lowest BCUT2D eigenvalue weighted by Crippen LogP contribution is -2.32. The molecular weight excluding hydrogens is 392 g/mol. The van der Waals surface area contributed by atoms with Crippen LogP contribution < -0.4 is 5.32 Å². The topological polar surface area (TPSA) is 32.3 Å². The Morgan fingerprint density at radius 2 is 2.00 bits per heavy atom. The number of rotatable bonds is 2. The van der Waals surface area contributed by atoms with Gasteiger partial charge in [-0.15, -0.1) is 11.8 Å². The van der Waals surface area contributed by atoms with Crippen molar-refractivity contribution in [3.05, 3.63) is 26.6 Å². The van der Waals surface area contributed by atoms with Gasteiger partial charge in [-0.3, -0.25) is 0 Å². The molecule has 0 saturated carbocycles. The first kappa shape index (κ1) is 15.2. The van der Waals surface area contributed by atoms with Crippen molar-refractivity contribution in [1.29, 1.82) is 0 Å². The van der Waals surface area contributed by atoms with Crippen molar-refractivity contribution in [1.82, 2.24) is 4.90 Å². The lowest BCUT2D eigenvalue weighted by atomic mass is 10.0. The first-order chi connectivity index (χ1) is 8.99. The van der Waals surface area contributed by atoms with Crippen molar-refractivity contribution in [2.45, 2.75) is 19.8 Å². The fourth-order valence-corrected chi connectivity index (χ4v) is 4.17. The van der Waals surface area contributed by atoms with Crippen LogP contribution in [0.2, 0.25) is 0 Å². The number of anilines is 1. The Kier molecular flexibility index (Phi) is 5.20. The van der Waals surface area contributed by atoms with E-state index in [0.717, 1.165) is 32.8 Å². The minimum absolute atomic E-state index is 0.0382. The number of urea groups is 1. The van der Waals surface area contributed by atoms with Crippen LogP contribution in [0.15, 0.2) is 21.1 Å². The number of halogens is 2. The molecule has 0 aromatic heterocycles. The maximum Gasteiger partial charge on any atom is 0.322 e. The highest BCUT2D eigenvalue weighted by Crippen LogP contribution is 2.35. The standard InChI is InChI=1S/C13H16Br2N2OS/c1-8(2)9-5-10(14)12(11(15)6-9)16-13(18)17-3-4-19-7-17/h5-6,8H,3-4,7H2,1-2H3,(H,16,18). The number of carbonyl (C=O) groups excluding carboxylic acids is 1. The smallest absolute Gasteiger partial charge is 0.314 e. The van der Waals surface area contributed by atoms with Gasteiger partial charge in [0.2, 0.25) is 0 Å². The Morgan fingerprint density at radius 1 is 1.37 bits per heavy atom. The van der Waals surface area contributed by atoms with Gasteiger partial charge in [-0.1, -0.05) is 13.8 Å². The van der Waals surface area contributed by atoms with Crippen molar-refractivity contribution >= 4 is 55.3 Å². The van der Waals surface area contributed by atoms with Crippen molar-refractivity contribution in [3.8, 4) is 0 Å². The molecule has 0 unspecified atom stereocenters. The third kappa shape index (κ3) is 3.67. The third-order valence-corrected chi connectivity index (χ3v) is 5.22. The quantitative estimate of drug-likeness (QED) is 0.757. The number of nitrogens with one attached hydrogen (secondary N) is 1. The highest BCUT2D eigenvalue weighted by molar-refractivity contribution is 9.11. The largest absolute Gasteiger partial charge is 0.322 e. The van der Waals surface area contributed by atoms with Crippen LogP contribution in [-0.4, -0.2) is 29.1 Å². The van der Waals surface area contributed by atoms with E-state index in [1.807, 2.05) is 4.90 Å². The summed E-state index contributed by atoms with van der Waals surface area (Å²) in [4.78, 5) is 13.9. The molecule has 0 atom stereocenters. The van der Waals surface area contributed by atoms with Crippen LogP contribution in [0.3, 0.4) is 0 Å². The van der Waals surface area contributed by atoms with Gasteiger partial charge < -0.3 is 10.2 Å². The minimum Gasteiger partial charge on any atom is -0.314 e. The maximum atomic E-state index is 12.1. The van der Waals surface area contributed by atoms with Crippen molar-refractivity contribution in [2.24, 2.45) is 0 Å². The van der Waals surface area contributed by atoms with E-state index in [-0.39, 0.29) is 6.03 Å². The zero-order valence-corrected chi connectivity index (χ0v) is 14.9. The summed E-state index contributed by atoms with van der Waals surface area (Å²) in [6.07, 6.45) is 0. The first-order valence-corrected chi connectivity index (χ1v) is 8.85. The molecule has 1 aromatic carbocycles. The minimum atomic E-state index is -0.0382. The van der Waals surface area contributed by atoms with Gasteiger partial charge >= 0.3 is 6.03 Å². The second kappa shape index (κ2) is 6.50. The highest BCUT2D eigenvalue weighted by atomic mass is 79.9. The van der Waals surface area contributed by atoms with Gasteiger partial charge in [-0.25, -0.2) is 4.79 Å². The lowest BCUT2D eigenvalue weighted by molar-refractivity contribution is 0.225. The van der Waals surface area contributed by atoms with Crippen LogP contribution in [0.4, 0.5) is 10.5 Å². The summed E-state index contributed by atoms with van der Waals surface area (Å²) >= 11 is 8.85. The molecule has 1 heterocycles. The van der Waals surface area contributed by atoms with Crippen LogP contribution in [0.25, 0.3) is 0 Å². The third-order valence-electron chi connectivity index (χ3n) is 3.00. The van der Waals surface area contributed by atoms with E-state index < -0.39 is 0 Å². The fourth-order valence-electron chi connectivity index (χ4n) is 1.81. The Bertz CT molecular complexity index is 465. The molecule has 1 aliphatic heterocycles. The van der Waals surface area contributed by atoms with Gasteiger partial charge in [0, 0.05) is 21.2 Å². The zero-order chi connectivity index (χ0) is 14.0. The molecule has 0 spiro atoms. The molecule has 1 aromatic rings. The molecule has 3 nitrogen and oxygen atoms in total. The molecule has 0 aliphatic carbocycles. The van der Waals surface area contributed by atoms with E-state index in [2.05, 4.69) is 63.2 Å². The van der Waals surface area contributed by atoms with E-state index in [4.69, 9.17) is 0 Å². The second-order valence-corrected chi connectivity index (χ2v) is 7.53. The van der Waals surface area contributed by atoms with Gasteiger partial charge in [-0.05, 0) is 55.5 Å². The average Bonchev–Trinajstić information content (AvgIpc) is 2.86. The molecule has 19 heavy (non-hydrogen) atoms. The number of benzene rings is 1. The first-order valence-electron chi connectivity index (χ1n) is 6.11. The number of hydrogen-bond donors (Lipinski definition) is 1. The molecule has 0 radical (unpaired) electrons. The van der Waals surface area contributed by atoms with Gasteiger partial charge in [-0.2, -0.15) is 0 Å². The Hall–Kier alpha value is -0.200. The van der Waals surface area contributed by atoms with Gasteiger partial charge in [0.15, 0.2) is 0 Å². The number of nitrogens with zero attached hydrogens (tertiary/aromatic N) is 1. The van der Waals surface area contributed by atoms with E-state index in [1.165, 1.54) is 5.56 Å². The number of hydrogen-bond acceptors (Lipinski definition) is 2. The van der Waals surface area contributed by atoms with Gasteiger partial charge in [0.25, 0.3) is 0 Å². The van der Waals surface area contributed by atoms with Crippen LogP contribution in [0, 0.1) is 0 Å². The maximum absolute atomic E-state index is 12.1. The number of amides is 2. The lowest BCUT2D eigenvalue weighted by Gasteiger charge is -2.18. The Labute approximate surface area is 134 Å². The van der Waals surface area contributed by atoms with E-state index in [0.29, 0.717) is 5.92 Å². The molecule has 1 N–H and O–H groups in total. The summed E-state index contributed by atoms with van der Waals surface area (Å²) in [7, 11) is 0. The SMILES string of the molecule is CC(C)c1cc(Br)c(NC(=O)N2CCSC2)c(Br)c1. The zero-order valence-electron chi connectivity index (χ0n) is 10.9. The van der Waals surface area contributed by atoms with Crippen molar-refractivity contribution in [3.63, 3.8) is 0 Å². The molecule has 1 aliphatic rings. The molecule has 0 bridgehead atoms. The molecule has 1 fully saturated rings. The van der Waals surface area contributed by atoms with E-state index >= 15 is 0 Å². The average molecular weight is 408 g/mol. The summed E-state index contributed by atoms with van der Waals surface area (Å²) in [5.74, 6) is 2.24. The molecule has 6 heteroatoms. The monoisotopic (exact) mass is 406 g/mol.